The summed E-state index contributed by atoms with van der Waals surface area (Å²) in [6.45, 7) is 6.82. The molecule has 156 valence electrons. The first-order valence-corrected chi connectivity index (χ1v) is 10.4. The van der Waals surface area contributed by atoms with Crippen molar-refractivity contribution in [3.63, 3.8) is 0 Å². The van der Waals surface area contributed by atoms with Crippen molar-refractivity contribution in [2.75, 3.05) is 39.4 Å². The molecule has 1 aromatic carbocycles. The monoisotopic (exact) mass is 399 g/mol. The first-order chi connectivity index (χ1) is 14.3. The Bertz CT molecular complexity index is 776. The summed E-state index contributed by atoms with van der Waals surface area (Å²) in [7, 11) is 0. The number of nitrogens with zero attached hydrogens (tertiary/aromatic N) is 6. The van der Waals surface area contributed by atoms with Crippen molar-refractivity contribution in [3.8, 4) is 0 Å². The maximum Gasteiger partial charge on any atom is 0.242 e. The summed E-state index contributed by atoms with van der Waals surface area (Å²) in [5.41, 5.74) is 1.31. The van der Waals surface area contributed by atoms with Gasteiger partial charge < -0.3 is 10.1 Å². The second kappa shape index (κ2) is 9.91. The van der Waals surface area contributed by atoms with Crippen molar-refractivity contribution in [3.05, 3.63) is 41.7 Å². The Balaban J connectivity index is 1.27. The lowest BCUT2D eigenvalue weighted by atomic mass is 10.0. The van der Waals surface area contributed by atoms with Gasteiger partial charge in [0.25, 0.3) is 0 Å². The molecule has 9 nitrogen and oxygen atoms in total. The standard InChI is InChI=1S/C20H29N7O2/c28-20(16-27-19(22-23-24-27)15-25-9-11-29-12-10-25)21-18-7-4-8-26(14-18)13-17-5-2-1-3-6-17/h1-3,5-6,18H,4,7-16H2,(H,21,28). The van der Waals surface area contributed by atoms with Gasteiger partial charge in [-0.15, -0.1) is 5.10 Å². The van der Waals surface area contributed by atoms with Crippen molar-refractivity contribution in [1.29, 1.82) is 0 Å². The van der Waals surface area contributed by atoms with Crippen LogP contribution in [-0.2, 0) is 29.2 Å². The lowest BCUT2D eigenvalue weighted by molar-refractivity contribution is -0.123. The van der Waals surface area contributed by atoms with E-state index in [0.29, 0.717) is 6.54 Å². The second-order valence-corrected chi connectivity index (χ2v) is 7.77. The van der Waals surface area contributed by atoms with Crippen molar-refractivity contribution >= 4 is 5.91 Å². The Morgan fingerprint density at radius 2 is 1.93 bits per heavy atom. The molecule has 0 saturated carbocycles. The van der Waals surface area contributed by atoms with Crippen LogP contribution in [0.5, 0.6) is 0 Å². The molecule has 9 heteroatoms. The molecule has 29 heavy (non-hydrogen) atoms. The molecular formula is C20H29N7O2. The average molecular weight is 399 g/mol. The van der Waals surface area contributed by atoms with Crippen LogP contribution in [0.1, 0.15) is 24.2 Å². The Morgan fingerprint density at radius 1 is 1.10 bits per heavy atom. The Morgan fingerprint density at radius 3 is 2.76 bits per heavy atom. The molecule has 0 aliphatic carbocycles. The lowest BCUT2D eigenvalue weighted by Gasteiger charge is -2.33. The van der Waals surface area contributed by atoms with E-state index < -0.39 is 0 Å². The van der Waals surface area contributed by atoms with Crippen LogP contribution in [0.2, 0.25) is 0 Å². The van der Waals surface area contributed by atoms with Crippen LogP contribution in [-0.4, -0.2) is 81.3 Å². The van der Waals surface area contributed by atoms with Gasteiger partial charge in [-0.2, -0.15) is 0 Å². The Kier molecular flexibility index (Phi) is 6.81. The summed E-state index contributed by atoms with van der Waals surface area (Å²) in [6.07, 6.45) is 2.10. The van der Waals surface area contributed by atoms with Gasteiger partial charge in [-0.05, 0) is 35.4 Å². The number of rotatable bonds is 7. The third-order valence-electron chi connectivity index (χ3n) is 5.49. The summed E-state index contributed by atoms with van der Waals surface area (Å²) in [5, 5.41) is 15.0. The molecule has 2 saturated heterocycles. The van der Waals surface area contributed by atoms with Crippen LogP contribution in [0.3, 0.4) is 0 Å². The number of piperidine rings is 1. The van der Waals surface area contributed by atoms with Gasteiger partial charge in [-0.25, -0.2) is 4.68 Å². The number of hydrogen-bond acceptors (Lipinski definition) is 7. The number of ether oxygens (including phenoxy) is 1. The number of tetrazole rings is 1. The van der Waals surface area contributed by atoms with Gasteiger partial charge in [0.05, 0.1) is 19.8 Å². The zero-order chi connectivity index (χ0) is 19.9. The predicted octanol–water partition coefficient (Wildman–Crippen LogP) is 0.286. The minimum atomic E-state index is -0.0351. The van der Waals surface area contributed by atoms with Crippen LogP contribution in [0.25, 0.3) is 0 Å². The number of nitrogens with one attached hydrogen (secondary N) is 1. The van der Waals surface area contributed by atoms with Gasteiger partial charge in [0, 0.05) is 32.2 Å². The smallest absolute Gasteiger partial charge is 0.242 e. The van der Waals surface area contributed by atoms with Gasteiger partial charge in [0.15, 0.2) is 5.82 Å². The molecule has 1 atom stereocenters. The van der Waals surface area contributed by atoms with E-state index in [1.54, 1.807) is 4.68 Å². The predicted molar refractivity (Wildman–Crippen MR) is 107 cm³/mol. The van der Waals surface area contributed by atoms with E-state index in [1.807, 2.05) is 6.07 Å². The molecule has 1 N–H and O–H groups in total. The van der Waals surface area contributed by atoms with E-state index in [9.17, 15) is 4.79 Å². The number of amides is 1. The second-order valence-electron chi connectivity index (χ2n) is 7.77. The van der Waals surface area contributed by atoms with E-state index in [1.165, 1.54) is 5.56 Å². The maximum atomic E-state index is 12.6. The number of carbonyl (C=O) groups excluding carboxylic acids is 1. The third kappa shape index (κ3) is 5.81. The highest BCUT2D eigenvalue weighted by atomic mass is 16.5. The highest BCUT2D eigenvalue weighted by Crippen LogP contribution is 2.14. The molecular weight excluding hydrogens is 370 g/mol. The SMILES string of the molecule is O=C(Cn1nnnc1CN1CCOCC1)NC1CCCN(Cc2ccccc2)C1. The molecule has 2 aromatic rings. The van der Waals surface area contributed by atoms with Crippen LogP contribution in [0, 0.1) is 0 Å². The van der Waals surface area contributed by atoms with E-state index in [-0.39, 0.29) is 18.5 Å². The molecule has 0 spiro atoms. The van der Waals surface area contributed by atoms with Crippen LogP contribution in [0.15, 0.2) is 30.3 Å². The van der Waals surface area contributed by atoms with Gasteiger partial charge >= 0.3 is 0 Å². The molecule has 2 fully saturated rings. The molecule has 2 aliphatic heterocycles. The minimum absolute atomic E-state index is 0.0351. The van der Waals surface area contributed by atoms with Crippen molar-refractivity contribution in [2.45, 2.75) is 38.5 Å². The zero-order valence-electron chi connectivity index (χ0n) is 16.7. The van der Waals surface area contributed by atoms with Crippen molar-refractivity contribution < 1.29 is 9.53 Å². The first-order valence-electron chi connectivity index (χ1n) is 10.4. The third-order valence-corrected chi connectivity index (χ3v) is 5.49. The fourth-order valence-electron chi connectivity index (χ4n) is 3.99. The average Bonchev–Trinajstić information content (AvgIpc) is 3.16. The maximum absolute atomic E-state index is 12.6. The molecule has 4 rings (SSSR count). The molecule has 0 radical (unpaired) electrons. The number of aromatic nitrogens is 4. The summed E-state index contributed by atoms with van der Waals surface area (Å²) < 4.78 is 6.98. The molecule has 1 amide bonds. The Labute approximate surface area is 171 Å². The molecule has 1 unspecified atom stereocenters. The fourth-order valence-corrected chi connectivity index (χ4v) is 3.99. The Hall–Kier alpha value is -2.36. The lowest BCUT2D eigenvalue weighted by Crippen LogP contribution is -2.48. The summed E-state index contributed by atoms with van der Waals surface area (Å²) in [4.78, 5) is 17.3. The van der Waals surface area contributed by atoms with E-state index in [0.717, 1.165) is 64.6 Å². The molecule has 2 aliphatic rings. The van der Waals surface area contributed by atoms with Crippen molar-refractivity contribution in [1.82, 2.24) is 35.3 Å². The number of likely N-dealkylation sites (tertiary alicyclic amines) is 1. The number of carbonyl (C=O) groups is 1. The number of morpholine rings is 1. The van der Waals surface area contributed by atoms with E-state index >= 15 is 0 Å². The summed E-state index contributed by atoms with van der Waals surface area (Å²) in [6, 6.07) is 10.6. The quantitative estimate of drug-likeness (QED) is 0.716. The highest BCUT2D eigenvalue weighted by molar-refractivity contribution is 5.76. The zero-order valence-corrected chi connectivity index (χ0v) is 16.7. The van der Waals surface area contributed by atoms with Gasteiger partial charge in [-0.1, -0.05) is 30.3 Å². The largest absolute Gasteiger partial charge is 0.379 e. The van der Waals surface area contributed by atoms with E-state index in [4.69, 9.17) is 4.74 Å². The normalized spacial score (nSPS) is 21.2. The molecule has 1 aromatic heterocycles. The molecule has 3 heterocycles. The number of benzene rings is 1. The van der Waals surface area contributed by atoms with Gasteiger partial charge in [0.2, 0.25) is 5.91 Å². The van der Waals surface area contributed by atoms with Gasteiger partial charge in [-0.3, -0.25) is 14.6 Å². The highest BCUT2D eigenvalue weighted by Gasteiger charge is 2.22. The number of hydrogen-bond donors (Lipinski definition) is 1. The van der Waals surface area contributed by atoms with Crippen molar-refractivity contribution in [2.24, 2.45) is 0 Å². The van der Waals surface area contributed by atoms with Gasteiger partial charge in [0.1, 0.15) is 6.54 Å². The minimum Gasteiger partial charge on any atom is -0.379 e. The van der Waals surface area contributed by atoms with Crippen LogP contribution >= 0.6 is 0 Å². The summed E-state index contributed by atoms with van der Waals surface area (Å²) in [5.74, 6) is 0.684. The summed E-state index contributed by atoms with van der Waals surface area (Å²) >= 11 is 0. The van der Waals surface area contributed by atoms with Crippen LogP contribution < -0.4 is 5.32 Å². The fraction of sp³-hybridized carbons (Fsp3) is 0.600. The molecule has 0 bridgehead atoms. The van der Waals surface area contributed by atoms with Crippen LogP contribution in [0.4, 0.5) is 0 Å². The van der Waals surface area contributed by atoms with E-state index in [2.05, 4.69) is 54.9 Å². The first kappa shape index (κ1) is 19.9. The topological polar surface area (TPSA) is 88.4 Å².